The number of pyridine rings is 1. The SMILES string of the molecule is CC(Nc1ccc(N2CCCCC2)nc1)C1(C)CC1. The van der Waals surface area contributed by atoms with Gasteiger partial charge in [0.15, 0.2) is 0 Å². The van der Waals surface area contributed by atoms with Crippen molar-refractivity contribution in [2.24, 2.45) is 5.41 Å². The summed E-state index contributed by atoms with van der Waals surface area (Å²) in [4.78, 5) is 7.02. The van der Waals surface area contributed by atoms with Crippen LogP contribution in [0.15, 0.2) is 18.3 Å². The minimum Gasteiger partial charge on any atom is -0.381 e. The molecule has 1 aromatic heterocycles. The number of piperidine rings is 1. The molecule has 0 amide bonds. The summed E-state index contributed by atoms with van der Waals surface area (Å²) in [7, 11) is 0. The van der Waals surface area contributed by atoms with E-state index in [0.717, 1.165) is 24.6 Å². The molecule has 1 saturated carbocycles. The number of nitrogens with zero attached hydrogens (tertiary/aromatic N) is 2. The predicted octanol–water partition coefficient (Wildman–Crippen LogP) is 3.67. The molecule has 0 bridgehead atoms. The standard InChI is InChI=1S/C16H25N3/c1-13(16(2)8-9-16)18-14-6-7-15(17-12-14)19-10-4-3-5-11-19/h6-7,12-13,18H,3-5,8-11H2,1-2H3. The number of hydrogen-bond acceptors (Lipinski definition) is 3. The van der Waals surface area contributed by atoms with Gasteiger partial charge >= 0.3 is 0 Å². The zero-order chi connectivity index (χ0) is 13.3. The molecule has 2 aliphatic rings. The molecule has 1 aliphatic carbocycles. The second-order valence-corrected chi connectivity index (χ2v) is 6.47. The summed E-state index contributed by atoms with van der Waals surface area (Å²) in [5, 5.41) is 3.59. The first-order valence-corrected chi connectivity index (χ1v) is 7.65. The third kappa shape index (κ3) is 2.85. The van der Waals surface area contributed by atoms with Gasteiger partial charge in [0.25, 0.3) is 0 Å². The van der Waals surface area contributed by atoms with Gasteiger partial charge in [0.1, 0.15) is 5.82 Å². The first-order valence-electron chi connectivity index (χ1n) is 7.65. The molecule has 2 heterocycles. The normalized spacial score (nSPS) is 22.9. The van der Waals surface area contributed by atoms with Crippen LogP contribution in [-0.2, 0) is 0 Å². The lowest BCUT2D eigenvalue weighted by Crippen LogP contribution is -2.30. The van der Waals surface area contributed by atoms with E-state index in [2.05, 4.69) is 41.2 Å². The molecular weight excluding hydrogens is 234 g/mol. The summed E-state index contributed by atoms with van der Waals surface area (Å²) in [6.45, 7) is 6.97. The van der Waals surface area contributed by atoms with Crippen LogP contribution in [0.2, 0.25) is 0 Å². The van der Waals surface area contributed by atoms with Gasteiger partial charge in [0, 0.05) is 19.1 Å². The highest BCUT2D eigenvalue weighted by molar-refractivity contribution is 5.49. The summed E-state index contributed by atoms with van der Waals surface area (Å²) in [5.41, 5.74) is 1.66. The van der Waals surface area contributed by atoms with Crippen molar-refractivity contribution in [1.82, 2.24) is 4.98 Å². The first kappa shape index (κ1) is 12.8. The minimum atomic E-state index is 0.505. The topological polar surface area (TPSA) is 28.2 Å². The molecule has 1 unspecified atom stereocenters. The number of aromatic nitrogens is 1. The lowest BCUT2D eigenvalue weighted by atomic mass is 10.0. The Morgan fingerprint density at radius 1 is 1.21 bits per heavy atom. The average Bonchev–Trinajstić information content (AvgIpc) is 3.20. The van der Waals surface area contributed by atoms with Gasteiger partial charge in [-0.1, -0.05) is 6.92 Å². The fourth-order valence-electron chi connectivity index (χ4n) is 2.84. The highest BCUT2D eigenvalue weighted by Crippen LogP contribution is 2.48. The Labute approximate surface area is 116 Å². The number of rotatable bonds is 4. The summed E-state index contributed by atoms with van der Waals surface area (Å²) in [5.74, 6) is 1.13. The van der Waals surface area contributed by atoms with Crippen LogP contribution in [0.25, 0.3) is 0 Å². The van der Waals surface area contributed by atoms with Crippen molar-refractivity contribution < 1.29 is 0 Å². The molecule has 3 heteroatoms. The van der Waals surface area contributed by atoms with Crippen LogP contribution < -0.4 is 10.2 Å². The maximum Gasteiger partial charge on any atom is 0.128 e. The maximum atomic E-state index is 4.62. The van der Waals surface area contributed by atoms with Crippen LogP contribution >= 0.6 is 0 Å². The summed E-state index contributed by atoms with van der Waals surface area (Å²) in [6.07, 6.45) is 8.66. The average molecular weight is 259 g/mol. The monoisotopic (exact) mass is 259 g/mol. The van der Waals surface area contributed by atoms with E-state index in [1.165, 1.54) is 32.1 Å². The Bertz CT molecular complexity index is 416. The van der Waals surface area contributed by atoms with Crippen molar-refractivity contribution in [3.05, 3.63) is 18.3 Å². The van der Waals surface area contributed by atoms with E-state index in [4.69, 9.17) is 0 Å². The molecule has 1 N–H and O–H groups in total. The second kappa shape index (κ2) is 5.03. The molecule has 0 spiro atoms. The van der Waals surface area contributed by atoms with Gasteiger partial charge in [-0.15, -0.1) is 0 Å². The molecule has 3 rings (SSSR count). The van der Waals surface area contributed by atoms with Gasteiger partial charge in [-0.05, 0) is 56.6 Å². The quantitative estimate of drug-likeness (QED) is 0.894. The van der Waals surface area contributed by atoms with Crippen LogP contribution in [-0.4, -0.2) is 24.1 Å². The van der Waals surface area contributed by atoms with Crippen LogP contribution in [0.4, 0.5) is 11.5 Å². The smallest absolute Gasteiger partial charge is 0.128 e. The van der Waals surface area contributed by atoms with E-state index >= 15 is 0 Å². The molecule has 1 saturated heterocycles. The fraction of sp³-hybridized carbons (Fsp3) is 0.688. The van der Waals surface area contributed by atoms with E-state index in [1.54, 1.807) is 0 Å². The summed E-state index contributed by atoms with van der Waals surface area (Å²) < 4.78 is 0. The third-order valence-electron chi connectivity index (χ3n) is 4.90. The Hall–Kier alpha value is -1.25. The molecule has 1 aromatic rings. The maximum absolute atomic E-state index is 4.62. The van der Waals surface area contributed by atoms with Gasteiger partial charge in [0.05, 0.1) is 11.9 Å². The van der Waals surface area contributed by atoms with Crippen LogP contribution in [0.5, 0.6) is 0 Å². The number of nitrogens with one attached hydrogen (secondary N) is 1. The zero-order valence-corrected chi connectivity index (χ0v) is 12.2. The molecular formula is C16H25N3. The van der Waals surface area contributed by atoms with Crippen molar-refractivity contribution in [2.45, 2.75) is 52.0 Å². The molecule has 104 valence electrons. The molecule has 1 aliphatic heterocycles. The van der Waals surface area contributed by atoms with E-state index in [0.29, 0.717) is 11.5 Å². The van der Waals surface area contributed by atoms with Crippen LogP contribution in [0.3, 0.4) is 0 Å². The molecule has 0 radical (unpaired) electrons. The van der Waals surface area contributed by atoms with Crippen molar-refractivity contribution >= 4 is 11.5 Å². The minimum absolute atomic E-state index is 0.505. The Morgan fingerprint density at radius 3 is 2.53 bits per heavy atom. The number of anilines is 2. The van der Waals surface area contributed by atoms with Gasteiger partial charge in [-0.25, -0.2) is 4.98 Å². The molecule has 1 atom stereocenters. The van der Waals surface area contributed by atoms with Gasteiger partial charge in [-0.3, -0.25) is 0 Å². The predicted molar refractivity (Wildman–Crippen MR) is 80.7 cm³/mol. The first-order chi connectivity index (χ1) is 9.17. The summed E-state index contributed by atoms with van der Waals surface area (Å²) in [6, 6.07) is 4.88. The third-order valence-corrected chi connectivity index (χ3v) is 4.90. The highest BCUT2D eigenvalue weighted by Gasteiger charge is 2.42. The van der Waals surface area contributed by atoms with Crippen LogP contribution in [0.1, 0.15) is 46.0 Å². The van der Waals surface area contributed by atoms with E-state index < -0.39 is 0 Å². The lowest BCUT2D eigenvalue weighted by molar-refractivity contribution is 0.493. The Morgan fingerprint density at radius 2 is 1.95 bits per heavy atom. The fourth-order valence-corrected chi connectivity index (χ4v) is 2.84. The second-order valence-electron chi connectivity index (χ2n) is 6.47. The highest BCUT2D eigenvalue weighted by atomic mass is 15.2. The van der Waals surface area contributed by atoms with Gasteiger partial charge in [0.2, 0.25) is 0 Å². The largest absolute Gasteiger partial charge is 0.381 e. The molecule has 0 aromatic carbocycles. The van der Waals surface area contributed by atoms with Crippen LogP contribution in [0, 0.1) is 5.41 Å². The van der Waals surface area contributed by atoms with Crippen molar-refractivity contribution in [3.8, 4) is 0 Å². The van der Waals surface area contributed by atoms with Crippen molar-refractivity contribution in [1.29, 1.82) is 0 Å². The van der Waals surface area contributed by atoms with Gasteiger partial charge < -0.3 is 10.2 Å². The molecule has 3 nitrogen and oxygen atoms in total. The van der Waals surface area contributed by atoms with E-state index in [-0.39, 0.29) is 0 Å². The van der Waals surface area contributed by atoms with Crippen molar-refractivity contribution in [3.63, 3.8) is 0 Å². The lowest BCUT2D eigenvalue weighted by Gasteiger charge is -2.28. The molecule has 2 fully saturated rings. The van der Waals surface area contributed by atoms with Gasteiger partial charge in [-0.2, -0.15) is 0 Å². The van der Waals surface area contributed by atoms with E-state index in [1.807, 2.05) is 6.20 Å². The van der Waals surface area contributed by atoms with E-state index in [9.17, 15) is 0 Å². The number of hydrogen-bond donors (Lipinski definition) is 1. The zero-order valence-electron chi connectivity index (χ0n) is 12.2. The van der Waals surface area contributed by atoms with Crippen molar-refractivity contribution in [2.75, 3.05) is 23.3 Å². The Kier molecular flexibility index (Phi) is 3.38. The summed E-state index contributed by atoms with van der Waals surface area (Å²) >= 11 is 0. The Balaban J connectivity index is 1.61. The molecule has 19 heavy (non-hydrogen) atoms.